The van der Waals surface area contributed by atoms with Gasteiger partial charge in [-0.3, -0.25) is 10.2 Å². The van der Waals surface area contributed by atoms with Crippen molar-refractivity contribution in [3.63, 3.8) is 0 Å². The number of anilines is 1. The van der Waals surface area contributed by atoms with Gasteiger partial charge in [0.05, 0.1) is 42.6 Å². The highest BCUT2D eigenvalue weighted by atomic mass is 35.5. The lowest BCUT2D eigenvalue weighted by atomic mass is 10.2. The van der Waals surface area contributed by atoms with Crippen molar-refractivity contribution >= 4 is 46.2 Å². The van der Waals surface area contributed by atoms with Gasteiger partial charge in [0.25, 0.3) is 0 Å². The molecule has 0 aliphatic carbocycles. The van der Waals surface area contributed by atoms with Crippen molar-refractivity contribution in [2.75, 3.05) is 19.1 Å². The number of nitrogens with one attached hydrogen (secondary N) is 1. The van der Waals surface area contributed by atoms with Crippen molar-refractivity contribution in [1.29, 1.82) is 0 Å². The molecule has 0 saturated carbocycles. The minimum atomic E-state index is -0.490. The molecule has 9 nitrogen and oxygen atoms in total. The van der Waals surface area contributed by atoms with E-state index in [-0.39, 0.29) is 18.3 Å². The van der Waals surface area contributed by atoms with Gasteiger partial charge in [0.15, 0.2) is 0 Å². The second-order valence-electron chi connectivity index (χ2n) is 6.16. The zero-order valence-electron chi connectivity index (χ0n) is 17.2. The van der Waals surface area contributed by atoms with Crippen LogP contribution in [0.15, 0.2) is 47.0 Å². The van der Waals surface area contributed by atoms with E-state index in [0.29, 0.717) is 33.8 Å². The van der Waals surface area contributed by atoms with E-state index in [9.17, 15) is 9.59 Å². The molecule has 3 aromatic rings. The molecule has 32 heavy (non-hydrogen) atoms. The highest BCUT2D eigenvalue weighted by molar-refractivity contribution is 7.13. The molecule has 1 N–H and O–H groups in total. The van der Waals surface area contributed by atoms with Crippen LogP contribution < -0.4 is 10.2 Å². The second-order valence-corrected chi connectivity index (χ2v) is 7.43. The van der Waals surface area contributed by atoms with E-state index in [1.807, 2.05) is 0 Å². The predicted molar refractivity (Wildman–Crippen MR) is 121 cm³/mol. The van der Waals surface area contributed by atoms with Crippen LogP contribution in [0.5, 0.6) is 11.6 Å². The Morgan fingerprint density at radius 3 is 2.88 bits per heavy atom. The number of ether oxygens (including phenoxy) is 3. The Morgan fingerprint density at radius 1 is 1.28 bits per heavy atom. The number of benzene rings is 1. The fourth-order valence-corrected chi connectivity index (χ4v) is 3.35. The summed E-state index contributed by atoms with van der Waals surface area (Å²) in [7, 11) is 1.30. The minimum absolute atomic E-state index is 0.115. The first-order chi connectivity index (χ1) is 15.5. The molecule has 0 saturated heterocycles. The van der Waals surface area contributed by atoms with Gasteiger partial charge in [-0.15, -0.1) is 11.3 Å². The summed E-state index contributed by atoms with van der Waals surface area (Å²) in [6, 6.07) is 8.07. The normalized spacial score (nSPS) is 10.7. The maximum atomic E-state index is 11.6. The topological polar surface area (TPSA) is 112 Å². The van der Waals surface area contributed by atoms with Crippen molar-refractivity contribution in [2.45, 2.75) is 13.3 Å². The van der Waals surface area contributed by atoms with Crippen LogP contribution in [-0.2, 0) is 20.7 Å². The first kappa shape index (κ1) is 23.2. The number of carbonyl (C=O) groups is 2. The highest BCUT2D eigenvalue weighted by Crippen LogP contribution is 2.29. The van der Waals surface area contributed by atoms with Crippen molar-refractivity contribution in [2.24, 2.45) is 5.10 Å². The van der Waals surface area contributed by atoms with Crippen molar-refractivity contribution in [3.05, 3.63) is 63.8 Å². The molecule has 0 fully saturated rings. The zero-order valence-corrected chi connectivity index (χ0v) is 18.8. The third-order valence-corrected chi connectivity index (χ3v) is 4.97. The van der Waals surface area contributed by atoms with Gasteiger partial charge in [-0.05, 0) is 36.8 Å². The summed E-state index contributed by atoms with van der Waals surface area (Å²) >= 11 is 7.63. The first-order valence-electron chi connectivity index (χ1n) is 9.39. The average Bonchev–Trinajstić information content (AvgIpc) is 3.22. The van der Waals surface area contributed by atoms with Crippen LogP contribution in [0.1, 0.15) is 28.5 Å². The summed E-state index contributed by atoms with van der Waals surface area (Å²) in [5, 5.41) is 6.78. The quantitative estimate of drug-likeness (QED) is 0.277. The molecule has 0 radical (unpaired) electrons. The number of aromatic nitrogens is 2. The number of hydrogen-bond acceptors (Lipinski definition) is 10. The number of rotatable bonds is 9. The molecule has 0 unspecified atom stereocenters. The molecule has 0 aliphatic heterocycles. The van der Waals surface area contributed by atoms with Crippen LogP contribution in [0, 0.1) is 0 Å². The van der Waals surface area contributed by atoms with Gasteiger partial charge in [0.2, 0.25) is 11.0 Å². The molecule has 0 bridgehead atoms. The standard InChI is InChI=1S/C21H19ClN4O5S/c1-3-30-19(27)10-15-12-32-21(25-15)26-24-11-13-4-5-17(16(22)8-13)31-18-9-14(6-7-23-18)20(28)29-2/h4-9,11-12H,3,10H2,1-2H3,(H,25,26). The number of thiazole rings is 1. The molecule has 0 aliphatic rings. The van der Waals surface area contributed by atoms with Crippen molar-refractivity contribution < 1.29 is 23.8 Å². The SMILES string of the molecule is CCOC(=O)Cc1csc(NN=Cc2ccc(Oc3cc(C(=O)OC)ccn3)c(Cl)c2)n1. The Morgan fingerprint density at radius 2 is 2.12 bits per heavy atom. The highest BCUT2D eigenvalue weighted by Gasteiger charge is 2.10. The fraction of sp³-hybridized carbons (Fsp3) is 0.190. The van der Waals surface area contributed by atoms with Crippen molar-refractivity contribution in [1.82, 2.24) is 9.97 Å². The molecule has 0 amide bonds. The number of esters is 2. The molecule has 0 spiro atoms. The van der Waals surface area contributed by atoms with Crippen LogP contribution in [0.4, 0.5) is 5.13 Å². The van der Waals surface area contributed by atoms with Gasteiger partial charge in [-0.2, -0.15) is 5.10 Å². The number of halogens is 1. The molecule has 3 rings (SSSR count). The number of hydrazone groups is 1. The predicted octanol–water partition coefficient (Wildman–Crippen LogP) is 4.32. The maximum absolute atomic E-state index is 11.6. The molecule has 1 aromatic carbocycles. The number of carbonyl (C=O) groups excluding carboxylic acids is 2. The largest absolute Gasteiger partial charge is 0.466 e. The Kier molecular flexibility index (Phi) is 8.12. The van der Waals surface area contributed by atoms with Crippen LogP contribution in [-0.4, -0.2) is 41.8 Å². The van der Waals surface area contributed by atoms with Gasteiger partial charge < -0.3 is 14.2 Å². The van der Waals surface area contributed by atoms with E-state index in [1.165, 1.54) is 36.8 Å². The smallest absolute Gasteiger partial charge is 0.338 e. The van der Waals surface area contributed by atoms with Crippen molar-refractivity contribution in [3.8, 4) is 11.6 Å². The summed E-state index contributed by atoms with van der Waals surface area (Å²) in [6.45, 7) is 2.09. The Bertz CT molecular complexity index is 1130. The molecule has 11 heteroatoms. The summed E-state index contributed by atoms with van der Waals surface area (Å²) in [5.41, 5.74) is 4.46. The van der Waals surface area contributed by atoms with Gasteiger partial charge >= 0.3 is 11.9 Å². The van der Waals surface area contributed by atoms with E-state index < -0.39 is 5.97 Å². The van der Waals surface area contributed by atoms with Gasteiger partial charge in [-0.1, -0.05) is 11.6 Å². The van der Waals surface area contributed by atoms with Gasteiger partial charge in [0, 0.05) is 17.6 Å². The van der Waals surface area contributed by atoms with E-state index in [2.05, 4.69) is 25.2 Å². The molecule has 2 aromatic heterocycles. The third-order valence-electron chi connectivity index (χ3n) is 3.88. The van der Waals surface area contributed by atoms with Crippen LogP contribution >= 0.6 is 22.9 Å². The summed E-state index contributed by atoms with van der Waals surface area (Å²) in [4.78, 5) is 31.5. The van der Waals surface area contributed by atoms with Gasteiger partial charge in [0.1, 0.15) is 5.75 Å². The molecular weight excluding hydrogens is 456 g/mol. The third kappa shape index (κ3) is 6.50. The summed E-state index contributed by atoms with van der Waals surface area (Å²) < 4.78 is 15.3. The summed E-state index contributed by atoms with van der Waals surface area (Å²) in [6.07, 6.45) is 3.13. The Hall–Kier alpha value is -3.50. The molecule has 2 heterocycles. The Labute approximate surface area is 193 Å². The first-order valence-corrected chi connectivity index (χ1v) is 10.6. The maximum Gasteiger partial charge on any atom is 0.338 e. The zero-order chi connectivity index (χ0) is 22.9. The van der Waals surface area contributed by atoms with E-state index in [0.717, 1.165) is 5.56 Å². The molecule has 0 atom stereocenters. The monoisotopic (exact) mass is 474 g/mol. The van der Waals surface area contributed by atoms with Crippen LogP contribution in [0.25, 0.3) is 0 Å². The van der Waals surface area contributed by atoms with E-state index in [1.54, 1.807) is 36.7 Å². The van der Waals surface area contributed by atoms with Crippen LogP contribution in [0.3, 0.4) is 0 Å². The molecule has 166 valence electrons. The van der Waals surface area contributed by atoms with Crippen LogP contribution in [0.2, 0.25) is 5.02 Å². The number of hydrogen-bond donors (Lipinski definition) is 1. The Balaban J connectivity index is 1.60. The van der Waals surface area contributed by atoms with E-state index >= 15 is 0 Å². The number of nitrogens with zero attached hydrogens (tertiary/aromatic N) is 3. The number of methoxy groups -OCH3 is 1. The summed E-state index contributed by atoms with van der Waals surface area (Å²) in [5.74, 6) is -0.234. The lowest BCUT2D eigenvalue weighted by Crippen LogP contribution is -2.07. The second kappa shape index (κ2) is 11.2. The minimum Gasteiger partial charge on any atom is -0.466 e. The average molecular weight is 475 g/mol. The lowest BCUT2D eigenvalue weighted by molar-refractivity contribution is -0.142. The number of pyridine rings is 1. The molecular formula is C21H19ClN4O5S. The van der Waals surface area contributed by atoms with Gasteiger partial charge in [-0.25, -0.2) is 14.8 Å². The lowest BCUT2D eigenvalue weighted by Gasteiger charge is -2.08. The van der Waals surface area contributed by atoms with E-state index in [4.69, 9.17) is 21.1 Å². The fourth-order valence-electron chi connectivity index (χ4n) is 2.46.